The first-order valence-electron chi connectivity index (χ1n) is 6.32. The van der Waals surface area contributed by atoms with Crippen molar-refractivity contribution in [1.82, 2.24) is 5.43 Å². The van der Waals surface area contributed by atoms with E-state index in [9.17, 15) is 4.39 Å². The van der Waals surface area contributed by atoms with Gasteiger partial charge in [0.25, 0.3) is 0 Å². The number of nitrogens with one attached hydrogen (secondary N) is 1. The fourth-order valence-corrected chi connectivity index (χ4v) is 2.04. The van der Waals surface area contributed by atoms with Gasteiger partial charge >= 0.3 is 0 Å². The molecule has 2 rings (SSSR count). The second kappa shape index (κ2) is 7.26. The van der Waals surface area contributed by atoms with Crippen LogP contribution in [0.25, 0.3) is 0 Å². The largest absolute Gasteiger partial charge is 0.496 e. The second-order valence-corrected chi connectivity index (χ2v) is 4.81. The van der Waals surface area contributed by atoms with Gasteiger partial charge in [0.15, 0.2) is 0 Å². The summed E-state index contributed by atoms with van der Waals surface area (Å²) in [6.45, 7) is 0.220. The van der Waals surface area contributed by atoms with E-state index in [1.54, 1.807) is 30.3 Å². The lowest BCUT2D eigenvalue weighted by atomic mass is 10.1. The van der Waals surface area contributed by atoms with Crippen LogP contribution in [-0.4, -0.2) is 13.7 Å². The molecule has 4 nitrogen and oxygen atoms in total. The van der Waals surface area contributed by atoms with Crippen molar-refractivity contribution < 1.29 is 13.9 Å². The molecule has 6 heteroatoms. The average molecular weight is 311 g/mol. The minimum Gasteiger partial charge on any atom is -0.496 e. The number of ether oxygens (including phenoxy) is 2. The Morgan fingerprint density at radius 2 is 1.95 bits per heavy atom. The quantitative estimate of drug-likeness (QED) is 0.636. The minimum atomic E-state index is -0.411. The normalized spacial score (nSPS) is 12.0. The molecule has 0 aliphatic carbocycles. The third kappa shape index (κ3) is 4.07. The predicted molar refractivity (Wildman–Crippen MR) is 80.0 cm³/mol. The number of rotatable bonds is 6. The summed E-state index contributed by atoms with van der Waals surface area (Å²) in [6.07, 6.45) is 0. The van der Waals surface area contributed by atoms with Crippen molar-refractivity contribution in [3.8, 4) is 11.5 Å². The Morgan fingerprint density at radius 3 is 2.57 bits per heavy atom. The number of methoxy groups -OCH3 is 1. The van der Waals surface area contributed by atoms with Crippen LogP contribution in [-0.2, 0) is 0 Å². The molecule has 0 amide bonds. The zero-order chi connectivity index (χ0) is 15.2. The third-order valence-electron chi connectivity index (χ3n) is 3.00. The van der Waals surface area contributed by atoms with Gasteiger partial charge in [-0.25, -0.2) is 9.82 Å². The fourth-order valence-electron chi connectivity index (χ4n) is 1.92. The van der Waals surface area contributed by atoms with Crippen molar-refractivity contribution >= 4 is 11.6 Å². The Kier molecular flexibility index (Phi) is 5.38. The molecule has 21 heavy (non-hydrogen) atoms. The lowest BCUT2D eigenvalue weighted by Gasteiger charge is -2.19. The van der Waals surface area contributed by atoms with Crippen LogP contribution in [0.1, 0.15) is 11.6 Å². The van der Waals surface area contributed by atoms with E-state index in [0.717, 1.165) is 0 Å². The Balaban J connectivity index is 2.12. The van der Waals surface area contributed by atoms with Gasteiger partial charge in [-0.2, -0.15) is 0 Å². The van der Waals surface area contributed by atoms with Gasteiger partial charge in [0, 0.05) is 10.6 Å². The van der Waals surface area contributed by atoms with Gasteiger partial charge in [-0.3, -0.25) is 5.84 Å². The van der Waals surface area contributed by atoms with E-state index >= 15 is 0 Å². The van der Waals surface area contributed by atoms with Gasteiger partial charge in [-0.15, -0.1) is 0 Å². The second-order valence-electron chi connectivity index (χ2n) is 4.37. The van der Waals surface area contributed by atoms with Crippen molar-refractivity contribution in [2.24, 2.45) is 5.84 Å². The van der Waals surface area contributed by atoms with Crippen molar-refractivity contribution in [2.75, 3.05) is 13.7 Å². The molecule has 0 heterocycles. The smallest absolute Gasteiger partial charge is 0.124 e. The first-order chi connectivity index (χ1) is 10.1. The third-order valence-corrected chi connectivity index (χ3v) is 3.25. The van der Waals surface area contributed by atoms with E-state index in [4.69, 9.17) is 26.9 Å². The number of halogens is 2. The molecule has 0 radical (unpaired) electrons. The predicted octanol–water partition coefficient (Wildman–Crippen LogP) is 3.07. The van der Waals surface area contributed by atoms with Gasteiger partial charge in [0.1, 0.15) is 23.9 Å². The van der Waals surface area contributed by atoms with Gasteiger partial charge in [0.2, 0.25) is 0 Å². The van der Waals surface area contributed by atoms with Crippen LogP contribution in [0.3, 0.4) is 0 Å². The summed E-state index contributed by atoms with van der Waals surface area (Å²) in [6, 6.07) is 10.8. The summed E-state index contributed by atoms with van der Waals surface area (Å²) in [5.41, 5.74) is 3.20. The summed E-state index contributed by atoms with van der Waals surface area (Å²) in [5, 5.41) is 0.627. The summed E-state index contributed by atoms with van der Waals surface area (Å²) >= 11 is 5.81. The molecule has 112 valence electrons. The van der Waals surface area contributed by atoms with E-state index in [2.05, 4.69) is 5.43 Å². The van der Waals surface area contributed by atoms with Crippen LogP contribution in [0.15, 0.2) is 42.5 Å². The lowest BCUT2D eigenvalue weighted by Crippen LogP contribution is -2.32. The van der Waals surface area contributed by atoms with Crippen LogP contribution < -0.4 is 20.7 Å². The monoisotopic (exact) mass is 310 g/mol. The summed E-state index contributed by atoms with van der Waals surface area (Å²) in [4.78, 5) is 0. The van der Waals surface area contributed by atoms with Crippen LogP contribution in [0.4, 0.5) is 4.39 Å². The molecule has 0 bridgehead atoms. The van der Waals surface area contributed by atoms with Crippen molar-refractivity contribution in [1.29, 1.82) is 0 Å². The Hall–Kier alpha value is -1.82. The van der Waals surface area contributed by atoms with Crippen molar-refractivity contribution in [3.63, 3.8) is 0 Å². The zero-order valence-electron chi connectivity index (χ0n) is 11.5. The topological polar surface area (TPSA) is 56.5 Å². The standard InChI is InChI=1S/C15H16ClFN2O2/c1-20-15-7-4-11(17)8-13(15)14(19-18)9-21-12-5-2-10(16)3-6-12/h2-8,14,19H,9,18H2,1H3. The molecule has 0 aliphatic heterocycles. The molecular formula is C15H16ClFN2O2. The molecule has 0 saturated heterocycles. The molecule has 0 spiro atoms. The summed E-state index contributed by atoms with van der Waals surface area (Å²) in [7, 11) is 1.52. The number of benzene rings is 2. The molecule has 1 atom stereocenters. The molecule has 0 saturated carbocycles. The molecule has 0 aromatic heterocycles. The van der Waals surface area contributed by atoms with E-state index in [0.29, 0.717) is 22.1 Å². The highest BCUT2D eigenvalue weighted by molar-refractivity contribution is 6.30. The SMILES string of the molecule is COc1ccc(F)cc1C(COc1ccc(Cl)cc1)NN. The maximum Gasteiger partial charge on any atom is 0.124 e. The minimum absolute atomic E-state index is 0.220. The summed E-state index contributed by atoms with van der Waals surface area (Å²) < 4.78 is 24.3. The zero-order valence-corrected chi connectivity index (χ0v) is 12.2. The first kappa shape index (κ1) is 15.6. The van der Waals surface area contributed by atoms with Crippen LogP contribution in [0.5, 0.6) is 11.5 Å². The van der Waals surface area contributed by atoms with Crippen LogP contribution >= 0.6 is 11.6 Å². The Morgan fingerprint density at radius 1 is 1.24 bits per heavy atom. The van der Waals surface area contributed by atoms with E-state index < -0.39 is 6.04 Å². The molecule has 0 aliphatic rings. The fraction of sp³-hybridized carbons (Fsp3) is 0.200. The van der Waals surface area contributed by atoms with E-state index in [1.165, 1.54) is 19.2 Å². The number of nitrogens with two attached hydrogens (primary N) is 1. The van der Waals surface area contributed by atoms with Crippen molar-refractivity contribution in [3.05, 3.63) is 58.9 Å². The Bertz CT molecular complexity index is 593. The highest BCUT2D eigenvalue weighted by atomic mass is 35.5. The number of hydrogen-bond acceptors (Lipinski definition) is 4. The maximum absolute atomic E-state index is 13.4. The average Bonchev–Trinajstić information content (AvgIpc) is 2.50. The number of hydrogen-bond donors (Lipinski definition) is 2. The van der Waals surface area contributed by atoms with Gasteiger partial charge in [0.05, 0.1) is 13.2 Å². The van der Waals surface area contributed by atoms with Crippen LogP contribution in [0.2, 0.25) is 5.02 Å². The van der Waals surface area contributed by atoms with Gasteiger partial charge < -0.3 is 9.47 Å². The highest BCUT2D eigenvalue weighted by Gasteiger charge is 2.16. The van der Waals surface area contributed by atoms with Gasteiger partial charge in [-0.1, -0.05) is 11.6 Å². The van der Waals surface area contributed by atoms with E-state index in [1.807, 2.05) is 0 Å². The maximum atomic E-state index is 13.4. The van der Waals surface area contributed by atoms with E-state index in [-0.39, 0.29) is 12.4 Å². The van der Waals surface area contributed by atoms with Crippen molar-refractivity contribution in [2.45, 2.75) is 6.04 Å². The van der Waals surface area contributed by atoms with Gasteiger partial charge in [-0.05, 0) is 42.5 Å². The highest BCUT2D eigenvalue weighted by Crippen LogP contribution is 2.26. The first-order valence-corrected chi connectivity index (χ1v) is 6.69. The lowest BCUT2D eigenvalue weighted by molar-refractivity contribution is 0.263. The van der Waals surface area contributed by atoms with Crippen LogP contribution in [0, 0.1) is 5.82 Å². The molecule has 2 aromatic carbocycles. The number of hydrazine groups is 1. The molecule has 0 fully saturated rings. The summed E-state index contributed by atoms with van der Waals surface area (Å²) in [5.74, 6) is 6.36. The molecule has 2 aromatic rings. The Labute approximate surface area is 127 Å². The molecular weight excluding hydrogens is 295 g/mol. The molecule has 1 unspecified atom stereocenters. The molecule has 3 N–H and O–H groups in total.